The molecule has 1 aromatic rings. The Bertz CT molecular complexity index is 394. The largest absolute Gasteiger partial charge is 0.462 e. The summed E-state index contributed by atoms with van der Waals surface area (Å²) in [6, 6.07) is 4.13. The molecular formula is C12H13BrF2O2. The summed E-state index contributed by atoms with van der Waals surface area (Å²) in [7, 11) is 0. The second kappa shape index (κ2) is 6.69. The molecule has 0 aromatic heterocycles. The van der Waals surface area contributed by atoms with Crippen LogP contribution in [0.15, 0.2) is 22.7 Å². The predicted molar refractivity (Wildman–Crippen MR) is 64.3 cm³/mol. The molecule has 1 rings (SSSR count). The van der Waals surface area contributed by atoms with Crippen LogP contribution in [-0.2, 0) is 4.74 Å². The van der Waals surface area contributed by atoms with Gasteiger partial charge in [-0.05, 0) is 24.6 Å². The molecule has 0 saturated heterocycles. The molecule has 2 nitrogen and oxygen atoms in total. The van der Waals surface area contributed by atoms with Gasteiger partial charge < -0.3 is 4.74 Å². The first-order valence-electron chi connectivity index (χ1n) is 5.31. The Kier molecular flexibility index (Phi) is 5.55. The van der Waals surface area contributed by atoms with Crippen molar-refractivity contribution in [3.63, 3.8) is 0 Å². The summed E-state index contributed by atoms with van der Waals surface area (Å²) in [6.45, 7) is 2.21. The Labute approximate surface area is 107 Å². The molecule has 0 heterocycles. The molecule has 0 atom stereocenters. The Morgan fingerprint density at radius 1 is 1.47 bits per heavy atom. The third-order valence-corrected chi connectivity index (χ3v) is 2.69. The van der Waals surface area contributed by atoms with Gasteiger partial charge in [-0.3, -0.25) is 0 Å². The van der Waals surface area contributed by atoms with Crippen molar-refractivity contribution in [2.45, 2.75) is 26.2 Å². The smallest absolute Gasteiger partial charge is 0.338 e. The van der Waals surface area contributed by atoms with Gasteiger partial charge in [0.2, 0.25) is 0 Å². The summed E-state index contributed by atoms with van der Waals surface area (Å²) in [5.41, 5.74) is -0.375. The van der Waals surface area contributed by atoms with E-state index in [4.69, 9.17) is 4.74 Å². The first kappa shape index (κ1) is 14.1. The number of esters is 1. The standard InChI is InChI=1S/C12H13BrF2O2/c1-2-3-6-17-12(16)9-5-4-8(13)7-10(9)11(14)15/h4-5,7,11H,2-3,6H2,1H3. The van der Waals surface area contributed by atoms with Crippen LogP contribution < -0.4 is 0 Å². The summed E-state index contributed by atoms with van der Waals surface area (Å²) in [4.78, 5) is 11.6. The van der Waals surface area contributed by atoms with Crippen LogP contribution in [-0.4, -0.2) is 12.6 Å². The van der Waals surface area contributed by atoms with E-state index in [9.17, 15) is 13.6 Å². The zero-order chi connectivity index (χ0) is 12.8. The predicted octanol–water partition coefficient (Wildman–Crippen LogP) is 4.34. The summed E-state index contributed by atoms with van der Waals surface area (Å²) in [5, 5.41) is 0. The van der Waals surface area contributed by atoms with Crippen LogP contribution in [0.3, 0.4) is 0 Å². The monoisotopic (exact) mass is 306 g/mol. The Morgan fingerprint density at radius 3 is 2.76 bits per heavy atom. The lowest BCUT2D eigenvalue weighted by Gasteiger charge is -2.09. The molecule has 5 heteroatoms. The fourth-order valence-electron chi connectivity index (χ4n) is 1.29. The average molecular weight is 307 g/mol. The number of carbonyl (C=O) groups excluding carboxylic acids is 1. The molecule has 0 aliphatic carbocycles. The molecular weight excluding hydrogens is 294 g/mol. The first-order chi connectivity index (χ1) is 8.06. The highest BCUT2D eigenvalue weighted by Crippen LogP contribution is 2.26. The van der Waals surface area contributed by atoms with Crippen molar-refractivity contribution in [2.24, 2.45) is 0 Å². The van der Waals surface area contributed by atoms with E-state index in [-0.39, 0.29) is 17.7 Å². The molecule has 0 aliphatic rings. The van der Waals surface area contributed by atoms with Crippen molar-refractivity contribution in [3.8, 4) is 0 Å². The maximum absolute atomic E-state index is 12.7. The topological polar surface area (TPSA) is 26.3 Å². The van der Waals surface area contributed by atoms with Crippen LogP contribution in [0.5, 0.6) is 0 Å². The Morgan fingerprint density at radius 2 is 2.18 bits per heavy atom. The fraction of sp³-hybridized carbons (Fsp3) is 0.417. The van der Waals surface area contributed by atoms with Gasteiger partial charge in [-0.25, -0.2) is 13.6 Å². The SMILES string of the molecule is CCCCOC(=O)c1ccc(Br)cc1C(F)F. The number of carbonyl (C=O) groups is 1. The van der Waals surface area contributed by atoms with E-state index in [1.54, 1.807) is 6.07 Å². The minimum Gasteiger partial charge on any atom is -0.462 e. The lowest BCUT2D eigenvalue weighted by atomic mass is 10.1. The van der Waals surface area contributed by atoms with Crippen molar-refractivity contribution in [1.29, 1.82) is 0 Å². The lowest BCUT2D eigenvalue weighted by Crippen LogP contribution is -2.09. The number of ether oxygens (including phenoxy) is 1. The minimum absolute atomic E-state index is 0.0701. The van der Waals surface area contributed by atoms with Crippen LogP contribution >= 0.6 is 15.9 Å². The van der Waals surface area contributed by atoms with E-state index >= 15 is 0 Å². The number of benzene rings is 1. The molecule has 0 amide bonds. The molecule has 0 saturated carbocycles. The Hall–Kier alpha value is -0.970. The van der Waals surface area contributed by atoms with Gasteiger partial charge in [0.05, 0.1) is 12.2 Å². The van der Waals surface area contributed by atoms with Gasteiger partial charge in [0.1, 0.15) is 0 Å². The van der Waals surface area contributed by atoms with E-state index in [0.29, 0.717) is 4.47 Å². The number of rotatable bonds is 5. The van der Waals surface area contributed by atoms with Crippen molar-refractivity contribution in [2.75, 3.05) is 6.61 Å². The van der Waals surface area contributed by atoms with Gasteiger partial charge in [0, 0.05) is 10.0 Å². The van der Waals surface area contributed by atoms with E-state index < -0.39 is 12.4 Å². The maximum atomic E-state index is 12.7. The van der Waals surface area contributed by atoms with Crippen LogP contribution in [0, 0.1) is 0 Å². The quantitative estimate of drug-likeness (QED) is 0.597. The summed E-state index contributed by atoms with van der Waals surface area (Å²) >= 11 is 3.09. The fourth-order valence-corrected chi connectivity index (χ4v) is 1.67. The number of unbranched alkanes of at least 4 members (excludes halogenated alkanes) is 1. The highest BCUT2D eigenvalue weighted by molar-refractivity contribution is 9.10. The van der Waals surface area contributed by atoms with Crippen molar-refractivity contribution in [1.82, 2.24) is 0 Å². The van der Waals surface area contributed by atoms with Crippen molar-refractivity contribution < 1.29 is 18.3 Å². The molecule has 0 N–H and O–H groups in total. The van der Waals surface area contributed by atoms with E-state index in [0.717, 1.165) is 12.8 Å². The average Bonchev–Trinajstić information content (AvgIpc) is 2.29. The molecule has 94 valence electrons. The van der Waals surface area contributed by atoms with Crippen LogP contribution in [0.1, 0.15) is 42.1 Å². The molecule has 17 heavy (non-hydrogen) atoms. The molecule has 0 unspecified atom stereocenters. The third-order valence-electron chi connectivity index (χ3n) is 2.20. The van der Waals surface area contributed by atoms with Gasteiger partial charge in [0.25, 0.3) is 6.43 Å². The zero-order valence-corrected chi connectivity index (χ0v) is 11.0. The van der Waals surface area contributed by atoms with Gasteiger partial charge in [-0.1, -0.05) is 29.3 Å². The second-order valence-corrected chi connectivity index (χ2v) is 4.44. The van der Waals surface area contributed by atoms with Gasteiger partial charge >= 0.3 is 5.97 Å². The van der Waals surface area contributed by atoms with Crippen LogP contribution in [0.4, 0.5) is 8.78 Å². The maximum Gasteiger partial charge on any atom is 0.338 e. The molecule has 0 radical (unpaired) electrons. The summed E-state index contributed by atoms with van der Waals surface area (Å²) in [5.74, 6) is -0.693. The number of hydrogen-bond acceptors (Lipinski definition) is 2. The second-order valence-electron chi connectivity index (χ2n) is 3.52. The Balaban J connectivity index is 2.85. The zero-order valence-electron chi connectivity index (χ0n) is 9.38. The lowest BCUT2D eigenvalue weighted by molar-refractivity contribution is 0.0489. The number of halogens is 3. The number of hydrogen-bond donors (Lipinski definition) is 0. The van der Waals surface area contributed by atoms with E-state index in [2.05, 4.69) is 15.9 Å². The van der Waals surface area contributed by atoms with E-state index in [1.165, 1.54) is 12.1 Å². The highest BCUT2D eigenvalue weighted by atomic mass is 79.9. The molecule has 0 spiro atoms. The third kappa shape index (κ3) is 4.07. The van der Waals surface area contributed by atoms with Gasteiger partial charge in [-0.15, -0.1) is 0 Å². The van der Waals surface area contributed by atoms with Crippen LogP contribution in [0.2, 0.25) is 0 Å². The van der Waals surface area contributed by atoms with Gasteiger partial charge in [-0.2, -0.15) is 0 Å². The van der Waals surface area contributed by atoms with Gasteiger partial charge in [0.15, 0.2) is 0 Å². The van der Waals surface area contributed by atoms with Crippen LogP contribution in [0.25, 0.3) is 0 Å². The molecule has 0 aliphatic heterocycles. The highest BCUT2D eigenvalue weighted by Gasteiger charge is 2.19. The minimum atomic E-state index is -2.69. The van der Waals surface area contributed by atoms with Crippen molar-refractivity contribution in [3.05, 3.63) is 33.8 Å². The number of alkyl halides is 2. The first-order valence-corrected chi connectivity index (χ1v) is 6.10. The summed E-state index contributed by atoms with van der Waals surface area (Å²) in [6.07, 6.45) is -1.08. The van der Waals surface area contributed by atoms with Crippen molar-refractivity contribution >= 4 is 21.9 Å². The summed E-state index contributed by atoms with van der Waals surface area (Å²) < 4.78 is 30.9. The molecule has 0 fully saturated rings. The normalized spacial score (nSPS) is 10.6. The molecule has 1 aromatic carbocycles. The van der Waals surface area contributed by atoms with E-state index in [1.807, 2.05) is 6.92 Å². The molecule has 0 bridgehead atoms.